The molecule has 34 heavy (non-hydrogen) atoms. The number of aromatic nitrogens is 1. The Morgan fingerprint density at radius 2 is 1.59 bits per heavy atom. The molecule has 1 aromatic heterocycles. The third-order valence-corrected chi connectivity index (χ3v) is 6.50. The Morgan fingerprint density at radius 3 is 2.32 bits per heavy atom. The fourth-order valence-electron chi connectivity index (χ4n) is 4.59. The van der Waals surface area contributed by atoms with Gasteiger partial charge in [0.25, 0.3) is 0 Å². The van der Waals surface area contributed by atoms with Crippen molar-refractivity contribution in [3.05, 3.63) is 107 Å². The molecule has 0 saturated heterocycles. The zero-order valence-electron chi connectivity index (χ0n) is 20.6. The molecule has 0 radical (unpaired) electrons. The van der Waals surface area contributed by atoms with Crippen molar-refractivity contribution < 1.29 is 4.79 Å². The molecule has 1 N–H and O–H groups in total. The molecule has 1 heterocycles. The maximum atomic E-state index is 12.9. The van der Waals surface area contributed by atoms with Crippen LogP contribution < -0.4 is 5.32 Å². The summed E-state index contributed by atoms with van der Waals surface area (Å²) in [5.41, 5.74) is 6.38. The Kier molecular flexibility index (Phi) is 7.84. The third-order valence-electron chi connectivity index (χ3n) is 6.50. The smallest absolute Gasteiger partial charge is 0.220 e. The van der Waals surface area contributed by atoms with E-state index in [-0.39, 0.29) is 11.8 Å². The molecule has 0 bridgehead atoms. The van der Waals surface area contributed by atoms with Crippen LogP contribution in [-0.2, 0) is 17.8 Å². The Morgan fingerprint density at radius 1 is 0.882 bits per heavy atom. The molecular formula is C31H36N2O. The lowest BCUT2D eigenvalue weighted by Gasteiger charge is -2.17. The second-order valence-electron chi connectivity index (χ2n) is 9.84. The van der Waals surface area contributed by atoms with Crippen molar-refractivity contribution in [2.45, 2.75) is 52.5 Å². The molecule has 0 aliphatic heterocycles. The van der Waals surface area contributed by atoms with Crippen LogP contribution in [-0.4, -0.2) is 17.0 Å². The molecule has 4 rings (SSSR count). The first-order chi connectivity index (χ1) is 16.5. The molecular weight excluding hydrogens is 416 g/mol. The van der Waals surface area contributed by atoms with Gasteiger partial charge in [0.1, 0.15) is 0 Å². The number of nitrogens with one attached hydrogen (secondary N) is 1. The summed E-state index contributed by atoms with van der Waals surface area (Å²) in [5, 5.41) is 4.39. The van der Waals surface area contributed by atoms with Crippen LogP contribution in [0, 0.1) is 12.8 Å². The summed E-state index contributed by atoms with van der Waals surface area (Å²) in [5.74, 6) is 0.752. The Balaban J connectivity index is 1.64. The van der Waals surface area contributed by atoms with Gasteiger partial charge in [-0.2, -0.15) is 0 Å². The molecule has 3 aromatic carbocycles. The van der Waals surface area contributed by atoms with Gasteiger partial charge in [-0.05, 0) is 54.4 Å². The average Bonchev–Trinajstić information content (AvgIpc) is 3.21. The lowest BCUT2D eigenvalue weighted by Crippen LogP contribution is -2.28. The van der Waals surface area contributed by atoms with E-state index in [0.717, 1.165) is 25.9 Å². The quantitative estimate of drug-likeness (QED) is 0.280. The van der Waals surface area contributed by atoms with Gasteiger partial charge >= 0.3 is 0 Å². The van der Waals surface area contributed by atoms with E-state index >= 15 is 0 Å². The highest BCUT2D eigenvalue weighted by Crippen LogP contribution is 2.33. The molecule has 1 atom stereocenters. The highest BCUT2D eigenvalue weighted by molar-refractivity contribution is 5.86. The Bertz CT molecular complexity index is 1210. The van der Waals surface area contributed by atoms with Crippen molar-refractivity contribution in [3.63, 3.8) is 0 Å². The van der Waals surface area contributed by atoms with Gasteiger partial charge in [0.2, 0.25) is 5.91 Å². The van der Waals surface area contributed by atoms with Gasteiger partial charge in [-0.25, -0.2) is 0 Å². The number of carbonyl (C=O) groups excluding carboxylic acids is 1. The number of fused-ring (bicyclic) bond motifs is 1. The molecule has 0 saturated carbocycles. The maximum absolute atomic E-state index is 12.9. The molecule has 3 heteroatoms. The number of aryl methyl sites for hydroxylation is 2. The normalized spacial score (nSPS) is 12.2. The summed E-state index contributed by atoms with van der Waals surface area (Å²) in [4.78, 5) is 12.9. The number of para-hydroxylation sites is 1. The zero-order valence-corrected chi connectivity index (χ0v) is 20.6. The van der Waals surface area contributed by atoms with Gasteiger partial charge < -0.3 is 9.88 Å². The fraction of sp³-hybridized carbons (Fsp3) is 0.323. The van der Waals surface area contributed by atoms with Gasteiger partial charge in [-0.3, -0.25) is 4.79 Å². The van der Waals surface area contributed by atoms with Crippen LogP contribution in [0.4, 0.5) is 0 Å². The largest absolute Gasteiger partial charge is 0.356 e. The van der Waals surface area contributed by atoms with Crippen LogP contribution in [0.25, 0.3) is 10.9 Å². The number of nitrogens with zero attached hydrogens (tertiary/aromatic N) is 1. The van der Waals surface area contributed by atoms with E-state index in [1.165, 1.54) is 33.2 Å². The van der Waals surface area contributed by atoms with Crippen molar-refractivity contribution in [1.29, 1.82) is 0 Å². The molecule has 4 aromatic rings. The van der Waals surface area contributed by atoms with Crippen molar-refractivity contribution in [2.24, 2.45) is 5.92 Å². The lowest BCUT2D eigenvalue weighted by molar-refractivity contribution is -0.121. The molecule has 0 spiro atoms. The second kappa shape index (κ2) is 11.2. The average molecular weight is 453 g/mol. The van der Waals surface area contributed by atoms with Gasteiger partial charge in [-0.1, -0.05) is 92.2 Å². The van der Waals surface area contributed by atoms with Crippen molar-refractivity contribution in [3.8, 4) is 0 Å². The fourth-order valence-corrected chi connectivity index (χ4v) is 4.59. The summed E-state index contributed by atoms with van der Waals surface area (Å²) in [6, 6.07) is 27.9. The first-order valence-corrected chi connectivity index (χ1v) is 12.4. The summed E-state index contributed by atoms with van der Waals surface area (Å²) >= 11 is 0. The van der Waals surface area contributed by atoms with Crippen LogP contribution in [0.1, 0.15) is 54.9 Å². The topological polar surface area (TPSA) is 34.0 Å². The molecule has 0 aliphatic rings. The van der Waals surface area contributed by atoms with Crippen LogP contribution in [0.3, 0.4) is 0 Å². The van der Waals surface area contributed by atoms with E-state index < -0.39 is 0 Å². The van der Waals surface area contributed by atoms with Crippen LogP contribution in [0.15, 0.2) is 85.1 Å². The molecule has 0 aliphatic carbocycles. The van der Waals surface area contributed by atoms with E-state index in [1.807, 2.05) is 0 Å². The van der Waals surface area contributed by atoms with Crippen LogP contribution >= 0.6 is 0 Å². The van der Waals surface area contributed by atoms with Gasteiger partial charge in [0.15, 0.2) is 0 Å². The minimum absolute atomic E-state index is 0.141. The van der Waals surface area contributed by atoms with E-state index in [9.17, 15) is 4.79 Å². The van der Waals surface area contributed by atoms with E-state index in [0.29, 0.717) is 12.3 Å². The van der Waals surface area contributed by atoms with Crippen LogP contribution in [0.2, 0.25) is 0 Å². The Hall–Kier alpha value is -3.33. The maximum Gasteiger partial charge on any atom is 0.220 e. The number of benzene rings is 3. The summed E-state index contributed by atoms with van der Waals surface area (Å²) in [7, 11) is 0. The van der Waals surface area contributed by atoms with E-state index in [1.54, 1.807) is 0 Å². The van der Waals surface area contributed by atoms with Gasteiger partial charge in [0, 0.05) is 36.6 Å². The van der Waals surface area contributed by atoms with Crippen molar-refractivity contribution in [2.75, 3.05) is 6.54 Å². The van der Waals surface area contributed by atoms with E-state index in [2.05, 4.69) is 116 Å². The first-order valence-electron chi connectivity index (χ1n) is 12.4. The molecule has 176 valence electrons. The van der Waals surface area contributed by atoms with Crippen LogP contribution in [0.5, 0.6) is 0 Å². The molecule has 3 nitrogen and oxygen atoms in total. The summed E-state index contributed by atoms with van der Waals surface area (Å²) in [6.07, 6.45) is 4.70. The highest BCUT2D eigenvalue weighted by Gasteiger charge is 2.21. The predicted octanol–water partition coefficient (Wildman–Crippen LogP) is 6.88. The van der Waals surface area contributed by atoms with Gasteiger partial charge in [0.05, 0.1) is 0 Å². The zero-order chi connectivity index (χ0) is 23.9. The van der Waals surface area contributed by atoms with Crippen molar-refractivity contribution >= 4 is 16.8 Å². The number of hydrogen-bond donors (Lipinski definition) is 1. The number of hydrogen-bond acceptors (Lipinski definition) is 1. The molecule has 1 amide bonds. The minimum atomic E-state index is 0.141. The summed E-state index contributed by atoms with van der Waals surface area (Å²) in [6.45, 7) is 7.93. The molecule has 0 unspecified atom stereocenters. The first kappa shape index (κ1) is 23.8. The second-order valence-corrected chi connectivity index (χ2v) is 9.84. The SMILES string of the molecule is Cc1ccc(Cn2cc([C@H](CCc3ccccc3)CC(=O)NCC(C)C)c3ccccc32)cc1. The number of carbonyl (C=O) groups is 1. The standard InChI is InChI=1S/C31H36N2O/c1-23(2)20-32-31(34)19-27(18-17-25-9-5-4-6-10-25)29-22-33(30-12-8-7-11-28(29)30)21-26-15-13-24(3)14-16-26/h4-16,22-23,27H,17-21H2,1-3H3,(H,32,34)/t27-/m1/s1. The summed E-state index contributed by atoms with van der Waals surface area (Å²) < 4.78 is 2.34. The highest BCUT2D eigenvalue weighted by atomic mass is 16.1. The monoisotopic (exact) mass is 452 g/mol. The van der Waals surface area contributed by atoms with Crippen molar-refractivity contribution in [1.82, 2.24) is 9.88 Å². The lowest BCUT2D eigenvalue weighted by atomic mass is 9.89. The van der Waals surface area contributed by atoms with E-state index in [4.69, 9.17) is 0 Å². The molecule has 0 fully saturated rings. The third kappa shape index (κ3) is 6.17. The number of rotatable bonds is 10. The number of amides is 1. The Labute approximate surface area is 203 Å². The van der Waals surface area contributed by atoms with Gasteiger partial charge in [-0.15, -0.1) is 0 Å². The minimum Gasteiger partial charge on any atom is -0.356 e. The predicted molar refractivity (Wildman–Crippen MR) is 142 cm³/mol.